The summed E-state index contributed by atoms with van der Waals surface area (Å²) in [4.78, 5) is 0. The molecule has 2 aromatic heterocycles. The van der Waals surface area contributed by atoms with Crippen LogP contribution in [0.2, 0.25) is 0 Å². The molecule has 0 unspecified atom stereocenters. The normalized spacial score (nSPS) is 11.0. The van der Waals surface area contributed by atoms with Gasteiger partial charge in [0.1, 0.15) is 28.6 Å². The molecule has 0 radical (unpaired) electrons. The lowest BCUT2D eigenvalue weighted by Crippen LogP contribution is -2.50. The molecule has 0 spiro atoms. The third kappa shape index (κ3) is 7.95. The first-order chi connectivity index (χ1) is 21.2. The van der Waals surface area contributed by atoms with Crippen molar-refractivity contribution in [1.29, 1.82) is 0 Å². The molecule has 0 atom stereocenters. The van der Waals surface area contributed by atoms with E-state index in [4.69, 9.17) is 14.2 Å². The third-order valence-electron chi connectivity index (χ3n) is 6.64. The molecule has 0 bridgehead atoms. The van der Waals surface area contributed by atoms with Crippen molar-refractivity contribution in [2.24, 2.45) is 0 Å². The predicted molar refractivity (Wildman–Crippen MR) is 161 cm³/mol. The second-order valence-electron chi connectivity index (χ2n) is 10.0. The van der Waals surface area contributed by atoms with Crippen molar-refractivity contribution in [3.8, 4) is 51.1 Å². The maximum absolute atomic E-state index is 6.09. The van der Waals surface area contributed by atoms with Crippen LogP contribution in [-0.4, -0.2) is 69.4 Å². The Labute approximate surface area is 250 Å². The van der Waals surface area contributed by atoms with Gasteiger partial charge in [-0.2, -0.15) is 0 Å². The van der Waals surface area contributed by atoms with Crippen LogP contribution in [0.15, 0.2) is 79.1 Å². The SMILES string of the molecule is [NH3+]CCCOc1cc(-c2cn(-c3cccc(OCCC[NH3+])c3)nn2)cc(-c2cn(-c3cccc(OCCC[NH3+])c3)nn2)c1. The van der Waals surface area contributed by atoms with Crippen molar-refractivity contribution in [2.45, 2.75) is 19.3 Å². The molecule has 43 heavy (non-hydrogen) atoms. The minimum Gasteiger partial charge on any atom is -0.493 e. The summed E-state index contributed by atoms with van der Waals surface area (Å²) in [7, 11) is 0. The molecular formula is C31H40N9O3+3. The number of quaternary nitrogens is 3. The molecule has 5 rings (SSSR count). The summed E-state index contributed by atoms with van der Waals surface area (Å²) in [5.41, 5.74) is 16.5. The number of hydrogen-bond acceptors (Lipinski definition) is 7. The molecule has 0 aliphatic carbocycles. The Kier molecular flexibility index (Phi) is 10.3. The van der Waals surface area contributed by atoms with Gasteiger partial charge in [0.05, 0.1) is 63.2 Å². The standard InChI is InChI=1S/C31H37N9O3/c32-10-3-13-41-27-8-1-6-25(19-27)39-21-30(35-37-39)23-16-24(18-29(17-23)43-15-5-12-34)31-22-40(38-36-31)26-7-2-9-28(20-26)42-14-4-11-33/h1-2,6-9,16-22H,3-5,10-15,32-34H2/p+3. The molecular weight excluding hydrogens is 546 g/mol. The first-order valence-electron chi connectivity index (χ1n) is 14.6. The van der Waals surface area contributed by atoms with Gasteiger partial charge in [0.15, 0.2) is 0 Å². The van der Waals surface area contributed by atoms with Crippen LogP contribution < -0.4 is 31.4 Å². The number of hydrogen-bond donors (Lipinski definition) is 3. The van der Waals surface area contributed by atoms with Crippen molar-refractivity contribution < 1.29 is 31.4 Å². The van der Waals surface area contributed by atoms with Crippen molar-refractivity contribution in [2.75, 3.05) is 39.5 Å². The molecule has 12 nitrogen and oxygen atoms in total. The molecule has 2 heterocycles. The van der Waals surface area contributed by atoms with Gasteiger partial charge in [-0.15, -0.1) is 10.2 Å². The molecule has 0 aliphatic rings. The van der Waals surface area contributed by atoms with Gasteiger partial charge in [-0.1, -0.05) is 22.6 Å². The average Bonchev–Trinajstić information content (AvgIpc) is 3.73. The number of ether oxygens (including phenoxy) is 3. The second-order valence-corrected chi connectivity index (χ2v) is 10.0. The van der Waals surface area contributed by atoms with Crippen LogP contribution in [0.1, 0.15) is 19.3 Å². The summed E-state index contributed by atoms with van der Waals surface area (Å²) in [6.07, 6.45) is 6.44. The predicted octanol–water partition coefficient (Wildman–Crippen LogP) is 1.21. The van der Waals surface area contributed by atoms with Gasteiger partial charge in [-0.25, -0.2) is 9.36 Å². The first-order valence-corrected chi connectivity index (χ1v) is 14.6. The lowest BCUT2D eigenvalue weighted by Gasteiger charge is -2.09. The van der Waals surface area contributed by atoms with Gasteiger partial charge < -0.3 is 31.4 Å². The highest BCUT2D eigenvalue weighted by molar-refractivity contribution is 5.71. The number of nitrogens with zero attached hydrogens (tertiary/aromatic N) is 6. The molecule has 9 N–H and O–H groups in total. The molecule has 0 fully saturated rings. The van der Waals surface area contributed by atoms with Crippen molar-refractivity contribution in [3.63, 3.8) is 0 Å². The molecule has 0 saturated carbocycles. The minimum atomic E-state index is 0.563. The minimum absolute atomic E-state index is 0.563. The number of benzene rings is 3. The van der Waals surface area contributed by atoms with Crippen molar-refractivity contribution in [3.05, 3.63) is 79.1 Å². The largest absolute Gasteiger partial charge is 0.493 e. The molecule has 0 saturated heterocycles. The van der Waals surface area contributed by atoms with Gasteiger partial charge in [0, 0.05) is 42.5 Å². The lowest BCUT2D eigenvalue weighted by molar-refractivity contribution is -0.369. The Morgan fingerprint density at radius 1 is 0.535 bits per heavy atom. The van der Waals surface area contributed by atoms with E-state index in [2.05, 4.69) is 37.8 Å². The summed E-state index contributed by atoms with van der Waals surface area (Å²) < 4.78 is 21.2. The van der Waals surface area contributed by atoms with Crippen LogP contribution in [0.3, 0.4) is 0 Å². The Bertz CT molecular complexity index is 1490. The summed E-state index contributed by atoms with van der Waals surface area (Å²) in [5.74, 6) is 2.28. The van der Waals surface area contributed by atoms with E-state index in [9.17, 15) is 0 Å². The zero-order valence-electron chi connectivity index (χ0n) is 24.4. The van der Waals surface area contributed by atoms with E-state index < -0.39 is 0 Å². The van der Waals surface area contributed by atoms with Crippen LogP contribution in [0.5, 0.6) is 17.2 Å². The van der Waals surface area contributed by atoms with Crippen LogP contribution in [0.25, 0.3) is 33.9 Å². The Hall–Kier alpha value is -4.78. The van der Waals surface area contributed by atoms with E-state index in [0.29, 0.717) is 37.0 Å². The highest BCUT2D eigenvalue weighted by Crippen LogP contribution is 2.31. The fourth-order valence-electron chi connectivity index (χ4n) is 4.33. The van der Waals surface area contributed by atoms with Crippen LogP contribution in [-0.2, 0) is 0 Å². The van der Waals surface area contributed by atoms with Gasteiger partial charge in [0.25, 0.3) is 0 Å². The molecule has 5 aromatic rings. The third-order valence-corrected chi connectivity index (χ3v) is 6.64. The number of aromatic nitrogens is 6. The molecule has 3 aromatic carbocycles. The van der Waals surface area contributed by atoms with E-state index in [-0.39, 0.29) is 0 Å². The quantitative estimate of drug-likeness (QED) is 0.146. The number of rotatable bonds is 16. The fraction of sp³-hybridized carbons (Fsp3) is 0.290. The molecule has 0 aliphatic heterocycles. The Balaban J connectivity index is 1.41. The Morgan fingerprint density at radius 3 is 1.42 bits per heavy atom. The van der Waals surface area contributed by atoms with Crippen molar-refractivity contribution in [1.82, 2.24) is 30.0 Å². The summed E-state index contributed by atoms with van der Waals surface area (Å²) in [6.45, 7) is 4.28. The maximum atomic E-state index is 6.09. The van der Waals surface area contributed by atoms with E-state index in [1.54, 1.807) is 9.36 Å². The monoisotopic (exact) mass is 586 g/mol. The van der Waals surface area contributed by atoms with E-state index in [1.807, 2.05) is 79.1 Å². The highest BCUT2D eigenvalue weighted by atomic mass is 16.5. The van der Waals surface area contributed by atoms with Gasteiger partial charge in [0.2, 0.25) is 0 Å². The summed E-state index contributed by atoms with van der Waals surface area (Å²) in [5, 5.41) is 17.7. The topological polar surface area (TPSA) is 172 Å². The van der Waals surface area contributed by atoms with Gasteiger partial charge in [-0.05, 0) is 42.5 Å². The van der Waals surface area contributed by atoms with Crippen LogP contribution in [0, 0.1) is 0 Å². The highest BCUT2D eigenvalue weighted by Gasteiger charge is 2.14. The lowest BCUT2D eigenvalue weighted by atomic mass is 10.1. The molecule has 12 heteroatoms. The Morgan fingerprint density at radius 2 is 0.977 bits per heavy atom. The van der Waals surface area contributed by atoms with Gasteiger partial charge in [-0.3, -0.25) is 0 Å². The maximum Gasteiger partial charge on any atom is 0.121 e. The molecule has 224 valence electrons. The smallest absolute Gasteiger partial charge is 0.121 e. The van der Waals surface area contributed by atoms with E-state index >= 15 is 0 Å². The van der Waals surface area contributed by atoms with Crippen molar-refractivity contribution >= 4 is 0 Å². The first kappa shape index (κ1) is 29.7. The van der Waals surface area contributed by atoms with E-state index in [1.165, 1.54) is 0 Å². The molecule has 0 amide bonds. The van der Waals surface area contributed by atoms with Crippen LogP contribution in [0.4, 0.5) is 0 Å². The summed E-state index contributed by atoms with van der Waals surface area (Å²) >= 11 is 0. The van der Waals surface area contributed by atoms with Gasteiger partial charge >= 0.3 is 0 Å². The fourth-order valence-corrected chi connectivity index (χ4v) is 4.33. The summed E-state index contributed by atoms with van der Waals surface area (Å²) in [6, 6.07) is 21.5. The average molecular weight is 587 g/mol. The van der Waals surface area contributed by atoms with Crippen LogP contribution >= 0.6 is 0 Å². The van der Waals surface area contributed by atoms with E-state index in [0.717, 1.165) is 72.9 Å². The second kappa shape index (κ2) is 14.9. The zero-order valence-corrected chi connectivity index (χ0v) is 24.4. The zero-order chi connectivity index (χ0) is 29.9.